The molecular formula is C12H10ClN3O2. The van der Waals surface area contributed by atoms with E-state index in [0.29, 0.717) is 16.5 Å². The van der Waals surface area contributed by atoms with E-state index >= 15 is 0 Å². The summed E-state index contributed by atoms with van der Waals surface area (Å²) >= 11 is 6.00. The first-order chi connectivity index (χ1) is 8.70. The molecule has 0 fully saturated rings. The predicted octanol–water partition coefficient (Wildman–Crippen LogP) is 2.66. The Labute approximate surface area is 109 Å². The van der Waals surface area contributed by atoms with Crippen LogP contribution in [0.1, 0.15) is 10.5 Å². The average molecular weight is 264 g/mol. The molecule has 1 aromatic carbocycles. The fourth-order valence-electron chi connectivity index (χ4n) is 1.33. The van der Waals surface area contributed by atoms with Crippen molar-refractivity contribution in [3.63, 3.8) is 0 Å². The fraction of sp³-hybridized carbons (Fsp3) is 0.0833. The Balaban J connectivity index is 2.25. The smallest absolute Gasteiger partial charge is 0.358 e. The van der Waals surface area contributed by atoms with E-state index in [1.54, 1.807) is 12.1 Å². The third-order valence-electron chi connectivity index (χ3n) is 2.17. The molecule has 1 heterocycles. The lowest BCUT2D eigenvalue weighted by atomic mass is 10.3. The van der Waals surface area contributed by atoms with E-state index in [4.69, 9.17) is 11.6 Å². The first kappa shape index (κ1) is 12.3. The summed E-state index contributed by atoms with van der Waals surface area (Å²) in [5.41, 5.74) is 0.824. The molecule has 0 saturated carbocycles. The van der Waals surface area contributed by atoms with Crippen molar-refractivity contribution < 1.29 is 9.53 Å². The van der Waals surface area contributed by atoms with E-state index in [-0.39, 0.29) is 5.69 Å². The number of halogens is 1. The minimum Gasteiger partial charge on any atom is -0.464 e. The fourth-order valence-corrected chi connectivity index (χ4v) is 1.51. The van der Waals surface area contributed by atoms with Crippen LogP contribution in [0.3, 0.4) is 0 Å². The van der Waals surface area contributed by atoms with Crippen LogP contribution >= 0.6 is 11.6 Å². The second-order valence-corrected chi connectivity index (χ2v) is 3.79. The zero-order chi connectivity index (χ0) is 13.0. The number of para-hydroxylation sites is 1. The lowest BCUT2D eigenvalue weighted by Gasteiger charge is -2.07. The van der Waals surface area contributed by atoms with E-state index in [0.717, 1.165) is 0 Å². The number of hydrogen-bond donors (Lipinski definition) is 1. The number of nitrogens with zero attached hydrogens (tertiary/aromatic N) is 2. The number of nitrogens with one attached hydrogen (secondary N) is 1. The molecule has 0 aliphatic rings. The Morgan fingerprint density at radius 2 is 2.11 bits per heavy atom. The van der Waals surface area contributed by atoms with Gasteiger partial charge in [-0.1, -0.05) is 23.7 Å². The van der Waals surface area contributed by atoms with Crippen LogP contribution in [-0.4, -0.2) is 23.0 Å². The van der Waals surface area contributed by atoms with E-state index in [2.05, 4.69) is 20.0 Å². The lowest BCUT2D eigenvalue weighted by molar-refractivity contribution is 0.0593. The highest BCUT2D eigenvalue weighted by atomic mass is 35.5. The largest absolute Gasteiger partial charge is 0.464 e. The number of hydrogen-bond acceptors (Lipinski definition) is 5. The minimum atomic E-state index is -0.537. The van der Waals surface area contributed by atoms with Gasteiger partial charge in [0.2, 0.25) is 0 Å². The maximum Gasteiger partial charge on any atom is 0.358 e. The Kier molecular flexibility index (Phi) is 3.74. The second-order valence-electron chi connectivity index (χ2n) is 3.39. The standard InChI is InChI=1S/C12H10ClN3O2/c1-18-12(17)10-6-14-7-11(16-10)15-9-5-3-2-4-8(9)13/h2-7H,1H3,(H,15,16). The summed E-state index contributed by atoms with van der Waals surface area (Å²) < 4.78 is 4.57. The first-order valence-electron chi connectivity index (χ1n) is 5.12. The molecule has 2 aromatic rings. The maximum absolute atomic E-state index is 11.3. The number of carbonyl (C=O) groups excluding carboxylic acids is 1. The van der Waals surface area contributed by atoms with Gasteiger partial charge in [-0.2, -0.15) is 0 Å². The average Bonchev–Trinajstić information content (AvgIpc) is 2.41. The van der Waals surface area contributed by atoms with Gasteiger partial charge in [-0.3, -0.25) is 4.98 Å². The molecule has 0 aliphatic carbocycles. The summed E-state index contributed by atoms with van der Waals surface area (Å²) in [6, 6.07) is 7.21. The van der Waals surface area contributed by atoms with Crippen LogP contribution in [0, 0.1) is 0 Å². The summed E-state index contributed by atoms with van der Waals surface area (Å²) in [5.74, 6) is -0.115. The number of benzene rings is 1. The molecule has 0 radical (unpaired) electrons. The van der Waals surface area contributed by atoms with Crippen LogP contribution in [0.2, 0.25) is 5.02 Å². The van der Waals surface area contributed by atoms with Crippen LogP contribution in [-0.2, 0) is 4.74 Å². The van der Waals surface area contributed by atoms with Crippen molar-refractivity contribution in [3.8, 4) is 0 Å². The monoisotopic (exact) mass is 263 g/mol. The highest BCUT2D eigenvalue weighted by Crippen LogP contribution is 2.23. The molecule has 1 N–H and O–H groups in total. The summed E-state index contributed by atoms with van der Waals surface area (Å²) in [4.78, 5) is 19.3. The number of methoxy groups -OCH3 is 1. The molecule has 92 valence electrons. The third-order valence-corrected chi connectivity index (χ3v) is 2.50. The summed E-state index contributed by atoms with van der Waals surface area (Å²) in [6.07, 6.45) is 2.83. The van der Waals surface area contributed by atoms with Gasteiger partial charge in [0.15, 0.2) is 5.69 Å². The summed E-state index contributed by atoms with van der Waals surface area (Å²) in [7, 11) is 1.29. The van der Waals surface area contributed by atoms with Crippen LogP contribution in [0.5, 0.6) is 0 Å². The van der Waals surface area contributed by atoms with Gasteiger partial charge >= 0.3 is 5.97 Å². The van der Waals surface area contributed by atoms with E-state index in [1.165, 1.54) is 19.5 Å². The number of esters is 1. The first-order valence-corrected chi connectivity index (χ1v) is 5.50. The molecule has 0 spiro atoms. The van der Waals surface area contributed by atoms with Crippen LogP contribution in [0.4, 0.5) is 11.5 Å². The van der Waals surface area contributed by atoms with Gasteiger partial charge in [-0.15, -0.1) is 0 Å². The summed E-state index contributed by atoms with van der Waals surface area (Å²) in [6.45, 7) is 0. The zero-order valence-corrected chi connectivity index (χ0v) is 10.3. The third kappa shape index (κ3) is 2.75. The molecule has 0 aliphatic heterocycles. The van der Waals surface area contributed by atoms with Gasteiger partial charge in [0, 0.05) is 0 Å². The number of aromatic nitrogens is 2. The Bertz CT molecular complexity index is 575. The number of carbonyl (C=O) groups is 1. The zero-order valence-electron chi connectivity index (χ0n) is 9.55. The van der Waals surface area contributed by atoms with Gasteiger partial charge in [0.1, 0.15) is 5.82 Å². The Morgan fingerprint density at radius 1 is 1.33 bits per heavy atom. The number of rotatable bonds is 3. The van der Waals surface area contributed by atoms with Gasteiger partial charge in [-0.25, -0.2) is 9.78 Å². The van der Waals surface area contributed by atoms with E-state index < -0.39 is 5.97 Å². The molecule has 0 unspecified atom stereocenters. The topological polar surface area (TPSA) is 64.1 Å². The predicted molar refractivity (Wildman–Crippen MR) is 68.1 cm³/mol. The molecule has 2 rings (SSSR count). The van der Waals surface area contributed by atoms with Gasteiger partial charge in [-0.05, 0) is 12.1 Å². The van der Waals surface area contributed by atoms with Crippen molar-refractivity contribution >= 4 is 29.1 Å². The molecule has 0 atom stereocenters. The molecule has 0 bridgehead atoms. The Morgan fingerprint density at radius 3 is 2.83 bits per heavy atom. The van der Waals surface area contributed by atoms with Crippen molar-refractivity contribution in [1.29, 1.82) is 0 Å². The van der Waals surface area contributed by atoms with Crippen molar-refractivity contribution in [2.45, 2.75) is 0 Å². The van der Waals surface area contributed by atoms with Crippen LogP contribution < -0.4 is 5.32 Å². The van der Waals surface area contributed by atoms with Crippen LogP contribution in [0.25, 0.3) is 0 Å². The molecule has 1 aromatic heterocycles. The van der Waals surface area contributed by atoms with Gasteiger partial charge in [0.25, 0.3) is 0 Å². The maximum atomic E-state index is 11.3. The molecule has 0 amide bonds. The van der Waals surface area contributed by atoms with Crippen molar-refractivity contribution in [2.24, 2.45) is 0 Å². The van der Waals surface area contributed by atoms with Crippen molar-refractivity contribution in [1.82, 2.24) is 9.97 Å². The van der Waals surface area contributed by atoms with Crippen molar-refractivity contribution in [2.75, 3.05) is 12.4 Å². The highest BCUT2D eigenvalue weighted by Gasteiger charge is 2.09. The van der Waals surface area contributed by atoms with Crippen molar-refractivity contribution in [3.05, 3.63) is 47.4 Å². The van der Waals surface area contributed by atoms with E-state index in [1.807, 2.05) is 12.1 Å². The Hall–Kier alpha value is -2.14. The molecule has 18 heavy (non-hydrogen) atoms. The number of ether oxygens (including phenoxy) is 1. The second kappa shape index (κ2) is 5.46. The lowest BCUT2D eigenvalue weighted by Crippen LogP contribution is -2.06. The van der Waals surface area contributed by atoms with Crippen LogP contribution in [0.15, 0.2) is 36.7 Å². The van der Waals surface area contributed by atoms with Gasteiger partial charge in [0.05, 0.1) is 30.2 Å². The quantitative estimate of drug-likeness (QED) is 0.863. The summed E-state index contributed by atoms with van der Waals surface area (Å²) in [5, 5.41) is 3.54. The normalized spacial score (nSPS) is 9.89. The molecule has 0 saturated heterocycles. The highest BCUT2D eigenvalue weighted by molar-refractivity contribution is 6.33. The molecular weight excluding hydrogens is 254 g/mol. The number of anilines is 2. The molecule has 5 nitrogen and oxygen atoms in total. The minimum absolute atomic E-state index is 0.134. The van der Waals surface area contributed by atoms with E-state index in [9.17, 15) is 4.79 Å². The van der Waals surface area contributed by atoms with Gasteiger partial charge < -0.3 is 10.1 Å². The SMILES string of the molecule is COC(=O)c1cncc(Nc2ccccc2Cl)n1. The molecule has 6 heteroatoms.